The summed E-state index contributed by atoms with van der Waals surface area (Å²) in [4.78, 5) is 17.5. The van der Waals surface area contributed by atoms with E-state index in [2.05, 4.69) is 10.3 Å². The fourth-order valence-corrected chi connectivity index (χ4v) is 2.91. The quantitative estimate of drug-likeness (QED) is 0.782. The molecule has 0 fully saturated rings. The first-order chi connectivity index (χ1) is 9.54. The highest BCUT2D eigenvalue weighted by molar-refractivity contribution is 7.15. The van der Waals surface area contributed by atoms with Gasteiger partial charge in [0.05, 0.1) is 0 Å². The number of fused-ring (bicyclic) bond motifs is 1. The number of aromatic nitrogens is 2. The third kappa shape index (κ3) is 2.20. The van der Waals surface area contributed by atoms with Gasteiger partial charge in [0.25, 0.3) is 5.91 Å². The molecule has 0 aliphatic heterocycles. The Labute approximate surface area is 121 Å². The molecule has 0 atom stereocenters. The average molecular weight is 285 g/mol. The lowest BCUT2D eigenvalue weighted by atomic mass is 10.1. The number of carbonyl (C=O) groups is 1. The van der Waals surface area contributed by atoms with Gasteiger partial charge in [-0.05, 0) is 38.0 Å². The van der Waals surface area contributed by atoms with Crippen molar-refractivity contribution >= 4 is 27.9 Å². The first-order valence-electron chi connectivity index (χ1n) is 6.36. The molecule has 0 bridgehead atoms. The zero-order chi connectivity index (χ0) is 14.3. The minimum atomic E-state index is -0.172. The van der Waals surface area contributed by atoms with Crippen LogP contribution in [0.3, 0.4) is 0 Å². The lowest BCUT2D eigenvalue weighted by Gasteiger charge is -2.07. The summed E-state index contributed by atoms with van der Waals surface area (Å²) >= 11 is 1.54. The van der Waals surface area contributed by atoms with Crippen LogP contribution in [0.5, 0.6) is 0 Å². The number of benzene rings is 1. The van der Waals surface area contributed by atoms with Crippen LogP contribution in [0.1, 0.15) is 27.3 Å². The van der Waals surface area contributed by atoms with E-state index in [0.29, 0.717) is 5.69 Å². The van der Waals surface area contributed by atoms with Gasteiger partial charge in [-0.2, -0.15) is 0 Å². The Morgan fingerprint density at radius 2 is 2.10 bits per heavy atom. The van der Waals surface area contributed by atoms with Crippen LogP contribution >= 0.6 is 11.3 Å². The molecule has 2 heterocycles. The molecule has 1 amide bonds. The molecule has 1 N–H and O–H groups in total. The summed E-state index contributed by atoms with van der Waals surface area (Å²) in [6, 6.07) is 6.00. The molecule has 0 radical (unpaired) electrons. The SMILES string of the molecule is Cc1ccc(C)c(NC(=O)c2cn3c(C)csc3n2)c1. The first-order valence-corrected chi connectivity index (χ1v) is 7.24. The van der Waals surface area contributed by atoms with Crippen molar-refractivity contribution in [1.29, 1.82) is 0 Å². The standard InChI is InChI=1S/C15H15N3OS/c1-9-4-5-10(2)12(6-9)16-14(19)13-7-18-11(3)8-20-15(18)17-13/h4-8H,1-3H3,(H,16,19). The summed E-state index contributed by atoms with van der Waals surface area (Å²) in [5.41, 5.74) is 4.53. The first kappa shape index (κ1) is 12.9. The van der Waals surface area contributed by atoms with Gasteiger partial charge in [0.15, 0.2) is 4.96 Å². The molecule has 4 nitrogen and oxygen atoms in total. The normalized spacial score (nSPS) is 10.9. The van der Waals surface area contributed by atoms with Gasteiger partial charge in [0, 0.05) is 23.0 Å². The van der Waals surface area contributed by atoms with E-state index in [1.165, 1.54) is 11.3 Å². The molecule has 0 saturated heterocycles. The number of rotatable bonds is 2. The molecule has 0 spiro atoms. The number of aryl methyl sites for hydroxylation is 3. The van der Waals surface area contributed by atoms with Gasteiger partial charge in [-0.3, -0.25) is 9.20 Å². The molecular weight excluding hydrogens is 270 g/mol. The number of amides is 1. The number of carbonyl (C=O) groups excluding carboxylic acids is 1. The lowest BCUT2D eigenvalue weighted by Crippen LogP contribution is -2.13. The number of nitrogens with one attached hydrogen (secondary N) is 1. The fraction of sp³-hybridized carbons (Fsp3) is 0.200. The number of imidazole rings is 1. The summed E-state index contributed by atoms with van der Waals surface area (Å²) in [7, 11) is 0. The summed E-state index contributed by atoms with van der Waals surface area (Å²) in [6.45, 7) is 5.98. The molecule has 3 rings (SSSR count). The van der Waals surface area contributed by atoms with E-state index >= 15 is 0 Å². The van der Waals surface area contributed by atoms with E-state index in [9.17, 15) is 4.79 Å². The van der Waals surface area contributed by atoms with Crippen LogP contribution in [-0.2, 0) is 0 Å². The van der Waals surface area contributed by atoms with Gasteiger partial charge < -0.3 is 5.32 Å². The molecule has 0 unspecified atom stereocenters. The molecule has 102 valence electrons. The second-order valence-electron chi connectivity index (χ2n) is 4.93. The predicted octanol–water partition coefficient (Wildman–Crippen LogP) is 3.57. The number of hydrogen-bond donors (Lipinski definition) is 1. The lowest BCUT2D eigenvalue weighted by molar-refractivity contribution is 0.102. The molecule has 0 saturated carbocycles. The van der Waals surface area contributed by atoms with E-state index in [0.717, 1.165) is 27.5 Å². The van der Waals surface area contributed by atoms with Crippen molar-refractivity contribution in [2.45, 2.75) is 20.8 Å². The van der Waals surface area contributed by atoms with Crippen molar-refractivity contribution in [3.05, 3.63) is 52.3 Å². The molecule has 3 aromatic rings. The molecule has 20 heavy (non-hydrogen) atoms. The Morgan fingerprint density at radius 1 is 1.30 bits per heavy atom. The van der Waals surface area contributed by atoms with E-state index in [1.54, 1.807) is 6.20 Å². The summed E-state index contributed by atoms with van der Waals surface area (Å²) < 4.78 is 1.93. The van der Waals surface area contributed by atoms with E-state index in [4.69, 9.17) is 0 Å². The number of nitrogens with zero attached hydrogens (tertiary/aromatic N) is 2. The highest BCUT2D eigenvalue weighted by Gasteiger charge is 2.13. The second-order valence-corrected chi connectivity index (χ2v) is 5.76. The van der Waals surface area contributed by atoms with E-state index < -0.39 is 0 Å². The highest BCUT2D eigenvalue weighted by Crippen LogP contribution is 2.19. The van der Waals surface area contributed by atoms with Crippen molar-refractivity contribution in [3.63, 3.8) is 0 Å². The maximum atomic E-state index is 12.3. The monoisotopic (exact) mass is 285 g/mol. The van der Waals surface area contributed by atoms with Crippen LogP contribution in [0.2, 0.25) is 0 Å². The Balaban J connectivity index is 1.90. The fourth-order valence-electron chi connectivity index (χ4n) is 2.06. The average Bonchev–Trinajstić information content (AvgIpc) is 2.97. The minimum Gasteiger partial charge on any atom is -0.320 e. The van der Waals surface area contributed by atoms with Gasteiger partial charge in [-0.25, -0.2) is 4.98 Å². The van der Waals surface area contributed by atoms with Crippen LogP contribution in [0, 0.1) is 20.8 Å². The smallest absolute Gasteiger partial charge is 0.275 e. The minimum absolute atomic E-state index is 0.172. The number of thiazole rings is 1. The van der Waals surface area contributed by atoms with Crippen LogP contribution in [0.15, 0.2) is 29.8 Å². The van der Waals surface area contributed by atoms with Crippen molar-refractivity contribution in [1.82, 2.24) is 9.38 Å². The highest BCUT2D eigenvalue weighted by atomic mass is 32.1. The number of hydrogen-bond acceptors (Lipinski definition) is 3. The Kier molecular flexibility index (Phi) is 3.06. The molecule has 5 heteroatoms. The molecule has 1 aromatic carbocycles. The molecule has 2 aromatic heterocycles. The van der Waals surface area contributed by atoms with Gasteiger partial charge >= 0.3 is 0 Å². The predicted molar refractivity (Wildman–Crippen MR) is 81.7 cm³/mol. The van der Waals surface area contributed by atoms with Gasteiger partial charge in [-0.1, -0.05) is 12.1 Å². The van der Waals surface area contributed by atoms with Gasteiger partial charge in [0.1, 0.15) is 5.69 Å². The zero-order valence-electron chi connectivity index (χ0n) is 11.6. The van der Waals surface area contributed by atoms with E-state index in [-0.39, 0.29) is 5.91 Å². The van der Waals surface area contributed by atoms with Crippen LogP contribution in [0.4, 0.5) is 5.69 Å². The summed E-state index contributed by atoms with van der Waals surface area (Å²) in [5, 5.41) is 4.95. The topological polar surface area (TPSA) is 46.4 Å². The third-order valence-corrected chi connectivity index (χ3v) is 4.22. The second kappa shape index (κ2) is 4.76. The Hall–Kier alpha value is -2.14. The zero-order valence-corrected chi connectivity index (χ0v) is 12.4. The maximum absolute atomic E-state index is 12.3. The summed E-state index contributed by atoms with van der Waals surface area (Å²) in [6.07, 6.45) is 1.78. The van der Waals surface area contributed by atoms with Crippen molar-refractivity contribution in [2.75, 3.05) is 5.32 Å². The molecule has 0 aliphatic rings. The van der Waals surface area contributed by atoms with Crippen LogP contribution < -0.4 is 5.32 Å². The summed E-state index contributed by atoms with van der Waals surface area (Å²) in [5.74, 6) is -0.172. The van der Waals surface area contributed by atoms with Crippen molar-refractivity contribution in [2.24, 2.45) is 0 Å². The Morgan fingerprint density at radius 3 is 2.85 bits per heavy atom. The largest absolute Gasteiger partial charge is 0.320 e. The van der Waals surface area contributed by atoms with Crippen LogP contribution in [-0.4, -0.2) is 15.3 Å². The maximum Gasteiger partial charge on any atom is 0.275 e. The molecule has 0 aliphatic carbocycles. The van der Waals surface area contributed by atoms with E-state index in [1.807, 2.05) is 48.8 Å². The van der Waals surface area contributed by atoms with Gasteiger partial charge in [-0.15, -0.1) is 11.3 Å². The van der Waals surface area contributed by atoms with Crippen molar-refractivity contribution in [3.8, 4) is 0 Å². The van der Waals surface area contributed by atoms with Crippen LogP contribution in [0.25, 0.3) is 4.96 Å². The van der Waals surface area contributed by atoms with Gasteiger partial charge in [0.2, 0.25) is 0 Å². The third-order valence-electron chi connectivity index (χ3n) is 3.26. The Bertz CT molecular complexity index is 801. The van der Waals surface area contributed by atoms with Crippen molar-refractivity contribution < 1.29 is 4.79 Å². The molecular formula is C15H15N3OS. The number of anilines is 1.